The van der Waals surface area contributed by atoms with Crippen LogP contribution in [0.15, 0.2) is 48.5 Å². The van der Waals surface area contributed by atoms with Crippen LogP contribution in [0.3, 0.4) is 0 Å². The third kappa shape index (κ3) is 7.47. The lowest BCUT2D eigenvalue weighted by atomic mass is 10.1. The van der Waals surface area contributed by atoms with Gasteiger partial charge in [-0.3, -0.25) is 9.59 Å². The van der Waals surface area contributed by atoms with E-state index in [1.807, 2.05) is 6.92 Å². The average molecular weight is 437 g/mol. The number of halogens is 3. The van der Waals surface area contributed by atoms with Gasteiger partial charge in [0.05, 0.1) is 5.56 Å². The molecular formula is C21H22F3N3O2S. The minimum Gasteiger partial charge on any atom is -0.332 e. The quantitative estimate of drug-likeness (QED) is 0.403. The monoisotopic (exact) mass is 437 g/mol. The molecule has 0 spiro atoms. The van der Waals surface area contributed by atoms with Gasteiger partial charge in [-0.25, -0.2) is 0 Å². The summed E-state index contributed by atoms with van der Waals surface area (Å²) in [5, 5.41) is 8.02. The first-order valence-electron chi connectivity index (χ1n) is 9.38. The Kier molecular flexibility index (Phi) is 8.35. The molecule has 0 radical (unpaired) electrons. The Morgan fingerprint density at radius 3 is 2.30 bits per heavy atom. The Labute approximate surface area is 178 Å². The second-order valence-electron chi connectivity index (χ2n) is 6.57. The molecule has 5 nitrogen and oxygen atoms in total. The maximum absolute atomic E-state index is 12.8. The van der Waals surface area contributed by atoms with Gasteiger partial charge in [0.1, 0.15) is 0 Å². The maximum atomic E-state index is 12.8. The number of alkyl halides is 3. The van der Waals surface area contributed by atoms with Gasteiger partial charge < -0.3 is 16.0 Å². The molecule has 2 rings (SSSR count). The molecule has 0 aliphatic rings. The minimum atomic E-state index is -4.49. The number of thiocarbonyl (C=S) groups is 1. The topological polar surface area (TPSA) is 70.2 Å². The van der Waals surface area contributed by atoms with Crippen LogP contribution < -0.4 is 16.0 Å². The lowest BCUT2D eigenvalue weighted by Crippen LogP contribution is -2.33. The summed E-state index contributed by atoms with van der Waals surface area (Å²) in [5.41, 5.74) is 0.0195. The molecule has 2 aromatic rings. The molecule has 0 aliphatic heterocycles. The summed E-state index contributed by atoms with van der Waals surface area (Å²) >= 11 is 5.09. The molecule has 0 aliphatic carbocycles. The Morgan fingerprint density at radius 1 is 0.967 bits per heavy atom. The van der Waals surface area contributed by atoms with Crippen molar-refractivity contribution in [3.8, 4) is 0 Å². The summed E-state index contributed by atoms with van der Waals surface area (Å²) in [6, 6.07) is 10.6. The van der Waals surface area contributed by atoms with Gasteiger partial charge in [-0.1, -0.05) is 25.8 Å². The molecule has 2 aromatic carbocycles. The number of unbranched alkanes of at least 4 members (excludes halogenated alkanes) is 2. The van der Waals surface area contributed by atoms with Gasteiger partial charge >= 0.3 is 6.18 Å². The van der Waals surface area contributed by atoms with Crippen molar-refractivity contribution in [2.24, 2.45) is 0 Å². The highest BCUT2D eigenvalue weighted by Gasteiger charge is 2.30. The van der Waals surface area contributed by atoms with Crippen LogP contribution >= 0.6 is 12.2 Å². The van der Waals surface area contributed by atoms with Gasteiger partial charge in [0.25, 0.3) is 5.91 Å². The number of hydrogen-bond acceptors (Lipinski definition) is 3. The maximum Gasteiger partial charge on any atom is 0.416 e. The van der Waals surface area contributed by atoms with Crippen molar-refractivity contribution in [1.82, 2.24) is 5.32 Å². The molecule has 0 atom stereocenters. The summed E-state index contributed by atoms with van der Waals surface area (Å²) in [6.07, 6.45) is -1.32. The first-order chi connectivity index (χ1) is 14.2. The van der Waals surface area contributed by atoms with Gasteiger partial charge in [0, 0.05) is 23.4 Å². The Hall–Kier alpha value is -2.94. The Balaban J connectivity index is 1.91. The fourth-order valence-electron chi connectivity index (χ4n) is 2.57. The van der Waals surface area contributed by atoms with Gasteiger partial charge in [-0.2, -0.15) is 13.2 Å². The molecule has 9 heteroatoms. The highest BCUT2D eigenvalue weighted by Crippen LogP contribution is 2.30. The second kappa shape index (κ2) is 10.7. The molecule has 2 amide bonds. The largest absolute Gasteiger partial charge is 0.416 e. The Morgan fingerprint density at radius 2 is 1.67 bits per heavy atom. The van der Waals surface area contributed by atoms with E-state index >= 15 is 0 Å². The molecule has 160 valence electrons. The second-order valence-corrected chi connectivity index (χ2v) is 6.98. The van der Waals surface area contributed by atoms with E-state index in [2.05, 4.69) is 16.0 Å². The fourth-order valence-corrected chi connectivity index (χ4v) is 2.80. The van der Waals surface area contributed by atoms with E-state index in [1.54, 1.807) is 12.1 Å². The molecule has 0 unspecified atom stereocenters. The number of rotatable bonds is 7. The van der Waals surface area contributed by atoms with Crippen molar-refractivity contribution in [3.63, 3.8) is 0 Å². The van der Waals surface area contributed by atoms with Gasteiger partial charge in [-0.05, 0) is 61.1 Å². The van der Waals surface area contributed by atoms with E-state index < -0.39 is 17.6 Å². The average Bonchev–Trinajstić information content (AvgIpc) is 2.68. The van der Waals surface area contributed by atoms with Crippen LogP contribution in [0.4, 0.5) is 24.5 Å². The Bertz CT molecular complexity index is 899. The summed E-state index contributed by atoms with van der Waals surface area (Å²) in [5.74, 6) is -0.717. The number of benzene rings is 2. The number of carbonyl (C=O) groups excluding carboxylic acids is 2. The van der Waals surface area contributed by atoms with Gasteiger partial charge in [0.2, 0.25) is 5.91 Å². The molecule has 0 bridgehead atoms. The van der Waals surface area contributed by atoms with Crippen LogP contribution in [-0.4, -0.2) is 16.9 Å². The highest BCUT2D eigenvalue weighted by molar-refractivity contribution is 7.80. The number of hydrogen-bond donors (Lipinski definition) is 3. The lowest BCUT2D eigenvalue weighted by Gasteiger charge is -2.11. The van der Waals surface area contributed by atoms with Crippen LogP contribution in [0.2, 0.25) is 0 Å². The lowest BCUT2D eigenvalue weighted by molar-refractivity contribution is -0.137. The van der Waals surface area contributed by atoms with Crippen molar-refractivity contribution in [1.29, 1.82) is 0 Å². The number of carbonyl (C=O) groups is 2. The van der Waals surface area contributed by atoms with E-state index in [9.17, 15) is 22.8 Å². The molecule has 0 fully saturated rings. The first-order valence-corrected chi connectivity index (χ1v) is 9.79. The van der Waals surface area contributed by atoms with Crippen LogP contribution in [0.1, 0.15) is 48.5 Å². The number of nitrogens with one attached hydrogen (secondary N) is 3. The molecule has 0 saturated heterocycles. The molecule has 3 N–H and O–H groups in total. The molecule has 0 heterocycles. The van der Waals surface area contributed by atoms with E-state index in [4.69, 9.17) is 12.2 Å². The normalized spacial score (nSPS) is 10.9. The summed E-state index contributed by atoms with van der Waals surface area (Å²) in [7, 11) is 0. The zero-order chi connectivity index (χ0) is 22.1. The third-order valence-electron chi connectivity index (χ3n) is 4.11. The van der Waals surface area contributed by atoms with Crippen molar-refractivity contribution in [2.75, 3.05) is 10.6 Å². The standard InChI is InChI=1S/C21H22F3N3O2S/c1-2-3-4-8-18(28)27-20(30)26-16-11-9-14(10-12-16)19(29)25-17-7-5-6-15(13-17)21(22,23)24/h5-7,9-13H,2-4,8H2,1H3,(H,25,29)(H2,26,27,28,30). The number of anilines is 2. The van der Waals surface area contributed by atoms with E-state index in [1.165, 1.54) is 24.3 Å². The first kappa shape index (κ1) is 23.3. The molecule has 0 saturated carbocycles. The van der Waals surface area contributed by atoms with Crippen LogP contribution in [0.5, 0.6) is 0 Å². The van der Waals surface area contributed by atoms with E-state index in [0.29, 0.717) is 12.1 Å². The summed E-state index contributed by atoms with van der Waals surface area (Å²) in [6.45, 7) is 2.05. The van der Waals surface area contributed by atoms with E-state index in [0.717, 1.165) is 31.4 Å². The fraction of sp³-hybridized carbons (Fsp3) is 0.286. The molecule has 0 aromatic heterocycles. The van der Waals surface area contributed by atoms with Crippen LogP contribution in [-0.2, 0) is 11.0 Å². The van der Waals surface area contributed by atoms with Crippen molar-refractivity contribution >= 4 is 40.5 Å². The van der Waals surface area contributed by atoms with Crippen LogP contribution in [0.25, 0.3) is 0 Å². The van der Waals surface area contributed by atoms with E-state index in [-0.39, 0.29) is 22.3 Å². The number of amides is 2. The highest BCUT2D eigenvalue weighted by atomic mass is 32.1. The predicted molar refractivity (Wildman–Crippen MR) is 114 cm³/mol. The molecule has 30 heavy (non-hydrogen) atoms. The zero-order valence-corrected chi connectivity index (χ0v) is 17.1. The van der Waals surface area contributed by atoms with Crippen LogP contribution in [0, 0.1) is 0 Å². The van der Waals surface area contributed by atoms with Gasteiger partial charge in [-0.15, -0.1) is 0 Å². The molecular weight excluding hydrogens is 415 g/mol. The summed E-state index contributed by atoms with van der Waals surface area (Å²) in [4.78, 5) is 24.0. The smallest absolute Gasteiger partial charge is 0.332 e. The SMILES string of the molecule is CCCCCC(=O)NC(=S)Nc1ccc(C(=O)Nc2cccc(C(F)(F)F)c2)cc1. The van der Waals surface area contributed by atoms with Crippen molar-refractivity contribution in [2.45, 2.75) is 38.8 Å². The van der Waals surface area contributed by atoms with Crippen molar-refractivity contribution < 1.29 is 22.8 Å². The zero-order valence-electron chi connectivity index (χ0n) is 16.3. The predicted octanol–water partition coefficient (Wildman–Crippen LogP) is 5.35. The summed E-state index contributed by atoms with van der Waals surface area (Å²) < 4.78 is 38.3. The van der Waals surface area contributed by atoms with Crippen molar-refractivity contribution in [3.05, 3.63) is 59.7 Å². The van der Waals surface area contributed by atoms with Gasteiger partial charge in [0.15, 0.2) is 5.11 Å². The third-order valence-corrected chi connectivity index (χ3v) is 4.32. The minimum absolute atomic E-state index is 0.0454.